The topological polar surface area (TPSA) is 67.4 Å². The van der Waals surface area contributed by atoms with Crippen molar-refractivity contribution in [3.63, 3.8) is 0 Å². The van der Waals surface area contributed by atoms with E-state index < -0.39 is 0 Å². The Bertz CT molecular complexity index is 718. The fourth-order valence-electron chi connectivity index (χ4n) is 1.79. The highest BCUT2D eigenvalue weighted by atomic mass is 35.5. The predicted molar refractivity (Wildman–Crippen MR) is 90.4 cm³/mol. The minimum Gasteiger partial charge on any atom is -0.482 e. The fourth-order valence-corrected chi connectivity index (χ4v) is 2.13. The zero-order chi connectivity index (χ0) is 16.8. The average Bonchev–Trinajstić information content (AvgIpc) is 2.56. The van der Waals surface area contributed by atoms with Gasteiger partial charge in [-0.25, -0.2) is 0 Å². The maximum atomic E-state index is 11.9. The Morgan fingerprint density at radius 3 is 2.43 bits per heavy atom. The van der Waals surface area contributed by atoms with Crippen LogP contribution in [0, 0.1) is 0 Å². The number of amides is 2. The number of nitrogens with one attached hydrogen (secondary N) is 2. The van der Waals surface area contributed by atoms with Crippen molar-refractivity contribution >= 4 is 40.7 Å². The van der Waals surface area contributed by atoms with Gasteiger partial charge >= 0.3 is 0 Å². The number of carbonyl (C=O) groups is 2. The van der Waals surface area contributed by atoms with Crippen LogP contribution >= 0.6 is 23.2 Å². The van der Waals surface area contributed by atoms with Crippen LogP contribution < -0.4 is 15.4 Å². The number of rotatable bonds is 5. The van der Waals surface area contributed by atoms with Crippen LogP contribution in [0.3, 0.4) is 0 Å². The van der Waals surface area contributed by atoms with Crippen LogP contribution in [0.25, 0.3) is 0 Å². The number of halogens is 2. The molecule has 23 heavy (non-hydrogen) atoms. The first-order valence-electron chi connectivity index (χ1n) is 6.70. The standard InChI is InChI=1S/C16H14Cl2N2O3/c1-19-16(22)10-5-7-11(8-6-10)20-14(21)9-23-13-4-2-3-12(17)15(13)18/h2-8H,9H2,1H3,(H,19,22)(H,20,21). The van der Waals surface area contributed by atoms with Gasteiger partial charge in [-0.1, -0.05) is 29.3 Å². The molecule has 2 N–H and O–H groups in total. The van der Waals surface area contributed by atoms with E-state index in [0.717, 1.165) is 0 Å². The Hall–Kier alpha value is -2.24. The summed E-state index contributed by atoms with van der Waals surface area (Å²) < 4.78 is 5.34. The normalized spacial score (nSPS) is 10.0. The molecule has 0 saturated heterocycles. The maximum Gasteiger partial charge on any atom is 0.262 e. The van der Waals surface area contributed by atoms with Crippen molar-refractivity contribution in [2.24, 2.45) is 0 Å². The number of ether oxygens (including phenoxy) is 1. The molecule has 2 aromatic rings. The molecule has 2 aromatic carbocycles. The van der Waals surface area contributed by atoms with Crippen LogP contribution in [0.4, 0.5) is 5.69 Å². The molecule has 0 atom stereocenters. The van der Waals surface area contributed by atoms with Crippen molar-refractivity contribution in [2.75, 3.05) is 19.0 Å². The Labute approximate surface area is 143 Å². The summed E-state index contributed by atoms with van der Waals surface area (Å²) in [6.45, 7) is -0.211. The quantitative estimate of drug-likeness (QED) is 0.866. The predicted octanol–water partition coefficient (Wildman–Crippen LogP) is 3.37. The third-order valence-electron chi connectivity index (χ3n) is 2.93. The summed E-state index contributed by atoms with van der Waals surface area (Å²) in [4.78, 5) is 23.3. The van der Waals surface area contributed by atoms with E-state index in [2.05, 4.69) is 10.6 Å². The monoisotopic (exact) mass is 352 g/mol. The smallest absolute Gasteiger partial charge is 0.262 e. The van der Waals surface area contributed by atoms with Gasteiger partial charge in [0.1, 0.15) is 10.8 Å². The lowest BCUT2D eigenvalue weighted by atomic mass is 10.2. The van der Waals surface area contributed by atoms with Gasteiger partial charge in [-0.15, -0.1) is 0 Å². The molecule has 0 fully saturated rings. The lowest BCUT2D eigenvalue weighted by Gasteiger charge is -2.09. The molecule has 5 nitrogen and oxygen atoms in total. The van der Waals surface area contributed by atoms with Crippen LogP contribution in [0.5, 0.6) is 5.75 Å². The van der Waals surface area contributed by atoms with Gasteiger partial charge in [0, 0.05) is 18.3 Å². The first-order valence-corrected chi connectivity index (χ1v) is 7.45. The summed E-state index contributed by atoms with van der Waals surface area (Å²) in [7, 11) is 1.55. The molecule has 120 valence electrons. The third-order valence-corrected chi connectivity index (χ3v) is 3.73. The zero-order valence-electron chi connectivity index (χ0n) is 12.2. The van der Waals surface area contributed by atoms with E-state index in [0.29, 0.717) is 22.0 Å². The van der Waals surface area contributed by atoms with Gasteiger partial charge in [-0.2, -0.15) is 0 Å². The van der Waals surface area contributed by atoms with E-state index in [1.54, 1.807) is 49.5 Å². The minimum absolute atomic E-state index is 0.193. The van der Waals surface area contributed by atoms with Gasteiger partial charge in [0.25, 0.3) is 11.8 Å². The van der Waals surface area contributed by atoms with Crippen molar-refractivity contribution in [1.82, 2.24) is 5.32 Å². The lowest BCUT2D eigenvalue weighted by Crippen LogP contribution is -2.20. The molecule has 0 heterocycles. The number of benzene rings is 2. The summed E-state index contributed by atoms with van der Waals surface area (Å²) in [6.07, 6.45) is 0. The van der Waals surface area contributed by atoms with Gasteiger partial charge in [0.2, 0.25) is 0 Å². The Kier molecular flexibility index (Phi) is 5.84. The number of carbonyl (C=O) groups excluding carboxylic acids is 2. The Morgan fingerprint density at radius 1 is 1.09 bits per heavy atom. The summed E-state index contributed by atoms with van der Waals surface area (Å²) in [5.74, 6) is -0.208. The molecule has 2 rings (SSSR count). The molecule has 0 bridgehead atoms. The van der Waals surface area contributed by atoms with E-state index in [1.807, 2.05) is 0 Å². The number of anilines is 1. The summed E-state index contributed by atoms with van der Waals surface area (Å²) in [6, 6.07) is 11.4. The SMILES string of the molecule is CNC(=O)c1ccc(NC(=O)COc2cccc(Cl)c2Cl)cc1. The van der Waals surface area contributed by atoms with E-state index in [9.17, 15) is 9.59 Å². The number of hydrogen-bond acceptors (Lipinski definition) is 3. The first-order chi connectivity index (χ1) is 11.0. The maximum absolute atomic E-state index is 11.9. The Balaban J connectivity index is 1.92. The molecule has 0 saturated carbocycles. The summed E-state index contributed by atoms with van der Waals surface area (Å²) >= 11 is 11.8. The van der Waals surface area contributed by atoms with Crippen molar-refractivity contribution in [3.8, 4) is 5.75 Å². The third kappa shape index (κ3) is 4.61. The molecule has 0 unspecified atom stereocenters. The molecule has 2 amide bonds. The molecule has 0 radical (unpaired) electrons. The van der Waals surface area contributed by atoms with E-state index in [-0.39, 0.29) is 23.4 Å². The van der Waals surface area contributed by atoms with Crippen molar-refractivity contribution < 1.29 is 14.3 Å². The average molecular weight is 353 g/mol. The highest BCUT2D eigenvalue weighted by Crippen LogP contribution is 2.31. The van der Waals surface area contributed by atoms with E-state index in [4.69, 9.17) is 27.9 Å². The summed E-state index contributed by atoms with van der Waals surface area (Å²) in [5.41, 5.74) is 1.07. The van der Waals surface area contributed by atoms with Crippen LogP contribution in [0.2, 0.25) is 10.0 Å². The molecule has 0 aromatic heterocycles. The van der Waals surface area contributed by atoms with Gasteiger partial charge < -0.3 is 15.4 Å². The molecule has 0 aliphatic carbocycles. The van der Waals surface area contributed by atoms with Gasteiger partial charge in [0.15, 0.2) is 6.61 Å². The van der Waals surface area contributed by atoms with E-state index >= 15 is 0 Å². The molecular formula is C16H14Cl2N2O3. The zero-order valence-corrected chi connectivity index (χ0v) is 13.7. The van der Waals surface area contributed by atoms with Crippen LogP contribution in [-0.4, -0.2) is 25.5 Å². The van der Waals surface area contributed by atoms with Gasteiger partial charge in [-0.05, 0) is 36.4 Å². The lowest BCUT2D eigenvalue weighted by molar-refractivity contribution is -0.118. The van der Waals surface area contributed by atoms with Crippen LogP contribution in [-0.2, 0) is 4.79 Å². The fraction of sp³-hybridized carbons (Fsp3) is 0.125. The second kappa shape index (κ2) is 7.85. The minimum atomic E-state index is -0.353. The van der Waals surface area contributed by atoms with Crippen LogP contribution in [0.1, 0.15) is 10.4 Å². The van der Waals surface area contributed by atoms with Crippen molar-refractivity contribution in [1.29, 1.82) is 0 Å². The van der Waals surface area contributed by atoms with Gasteiger partial charge in [-0.3, -0.25) is 9.59 Å². The molecule has 7 heteroatoms. The molecule has 0 aliphatic heterocycles. The second-order valence-corrected chi connectivity index (χ2v) is 5.33. The Morgan fingerprint density at radius 2 is 1.78 bits per heavy atom. The first kappa shape index (κ1) is 17.1. The number of hydrogen-bond donors (Lipinski definition) is 2. The highest BCUT2D eigenvalue weighted by Gasteiger charge is 2.09. The van der Waals surface area contributed by atoms with Crippen molar-refractivity contribution in [2.45, 2.75) is 0 Å². The second-order valence-electron chi connectivity index (χ2n) is 4.55. The molecular weight excluding hydrogens is 339 g/mol. The van der Waals surface area contributed by atoms with E-state index in [1.165, 1.54) is 0 Å². The van der Waals surface area contributed by atoms with Gasteiger partial charge in [0.05, 0.1) is 5.02 Å². The molecule has 0 spiro atoms. The summed E-state index contributed by atoms with van der Waals surface area (Å²) in [5, 5.41) is 5.80. The largest absolute Gasteiger partial charge is 0.482 e. The highest BCUT2D eigenvalue weighted by molar-refractivity contribution is 6.42. The van der Waals surface area contributed by atoms with Crippen molar-refractivity contribution in [3.05, 3.63) is 58.1 Å². The molecule has 0 aliphatic rings. The van der Waals surface area contributed by atoms with Crippen LogP contribution in [0.15, 0.2) is 42.5 Å².